The number of hydrogen-bond donors (Lipinski definition) is 1. The lowest BCUT2D eigenvalue weighted by molar-refractivity contribution is 0.0585. The van der Waals surface area contributed by atoms with Gasteiger partial charge in [-0.25, -0.2) is 0 Å². The van der Waals surface area contributed by atoms with Crippen molar-refractivity contribution in [2.45, 2.75) is 33.0 Å². The SMILES string of the molecule is CC(C)OCC(=O)c1ccc2c(c1)CNC2. The van der Waals surface area contributed by atoms with E-state index in [2.05, 4.69) is 5.32 Å². The van der Waals surface area contributed by atoms with Crippen LogP contribution in [0.4, 0.5) is 0 Å². The van der Waals surface area contributed by atoms with Crippen LogP contribution in [-0.2, 0) is 17.8 Å². The summed E-state index contributed by atoms with van der Waals surface area (Å²) in [6.45, 7) is 5.80. The topological polar surface area (TPSA) is 38.3 Å². The smallest absolute Gasteiger partial charge is 0.188 e. The fourth-order valence-electron chi connectivity index (χ4n) is 1.79. The molecule has 1 aliphatic heterocycles. The Kier molecular flexibility index (Phi) is 3.36. The molecule has 0 saturated carbocycles. The molecule has 1 heterocycles. The number of rotatable bonds is 4. The van der Waals surface area contributed by atoms with Crippen LogP contribution in [0.15, 0.2) is 18.2 Å². The molecule has 16 heavy (non-hydrogen) atoms. The van der Waals surface area contributed by atoms with E-state index in [9.17, 15) is 4.79 Å². The minimum atomic E-state index is 0.0587. The largest absolute Gasteiger partial charge is 0.371 e. The summed E-state index contributed by atoms with van der Waals surface area (Å²) in [5, 5.41) is 3.26. The number of hydrogen-bond acceptors (Lipinski definition) is 3. The van der Waals surface area contributed by atoms with Gasteiger partial charge in [0.05, 0.1) is 6.10 Å². The fraction of sp³-hybridized carbons (Fsp3) is 0.462. The summed E-state index contributed by atoms with van der Waals surface area (Å²) in [4.78, 5) is 11.8. The Morgan fingerprint density at radius 2 is 2.12 bits per heavy atom. The van der Waals surface area contributed by atoms with Crippen molar-refractivity contribution in [2.24, 2.45) is 0 Å². The first-order valence-electron chi connectivity index (χ1n) is 5.64. The second-order valence-corrected chi connectivity index (χ2v) is 4.37. The first-order chi connectivity index (χ1) is 7.66. The van der Waals surface area contributed by atoms with Crippen molar-refractivity contribution >= 4 is 5.78 Å². The van der Waals surface area contributed by atoms with Crippen LogP contribution in [0.25, 0.3) is 0 Å². The van der Waals surface area contributed by atoms with E-state index in [4.69, 9.17) is 4.74 Å². The predicted molar refractivity (Wildman–Crippen MR) is 62.4 cm³/mol. The van der Waals surface area contributed by atoms with Crippen LogP contribution >= 0.6 is 0 Å². The zero-order valence-electron chi connectivity index (χ0n) is 9.75. The molecule has 0 aromatic heterocycles. The van der Waals surface area contributed by atoms with Crippen LogP contribution in [0.1, 0.15) is 35.3 Å². The molecule has 0 bridgehead atoms. The minimum Gasteiger partial charge on any atom is -0.371 e. The van der Waals surface area contributed by atoms with Gasteiger partial charge in [-0.2, -0.15) is 0 Å². The second kappa shape index (κ2) is 4.76. The number of fused-ring (bicyclic) bond motifs is 1. The summed E-state index contributed by atoms with van der Waals surface area (Å²) in [5.41, 5.74) is 3.28. The van der Waals surface area contributed by atoms with Crippen LogP contribution in [-0.4, -0.2) is 18.5 Å². The molecule has 0 unspecified atom stereocenters. The van der Waals surface area contributed by atoms with E-state index in [1.807, 2.05) is 32.0 Å². The summed E-state index contributed by atoms with van der Waals surface area (Å²) < 4.78 is 5.31. The third kappa shape index (κ3) is 2.49. The lowest BCUT2D eigenvalue weighted by Crippen LogP contribution is -2.13. The molecule has 1 aromatic rings. The molecule has 2 rings (SSSR count). The van der Waals surface area contributed by atoms with Crippen molar-refractivity contribution in [3.05, 3.63) is 34.9 Å². The number of carbonyl (C=O) groups excluding carboxylic acids is 1. The Hall–Kier alpha value is -1.19. The van der Waals surface area contributed by atoms with Gasteiger partial charge in [-0.1, -0.05) is 12.1 Å². The van der Waals surface area contributed by atoms with E-state index in [1.165, 1.54) is 11.1 Å². The highest BCUT2D eigenvalue weighted by atomic mass is 16.5. The van der Waals surface area contributed by atoms with Gasteiger partial charge < -0.3 is 10.1 Å². The molecule has 0 saturated heterocycles. The monoisotopic (exact) mass is 219 g/mol. The molecule has 3 nitrogen and oxygen atoms in total. The molecule has 0 atom stereocenters. The van der Waals surface area contributed by atoms with Crippen molar-refractivity contribution in [3.63, 3.8) is 0 Å². The Morgan fingerprint density at radius 1 is 1.38 bits per heavy atom. The molecule has 0 spiro atoms. The van der Waals surface area contributed by atoms with E-state index in [1.54, 1.807) is 0 Å². The van der Waals surface area contributed by atoms with Crippen molar-refractivity contribution in [1.29, 1.82) is 0 Å². The third-order valence-corrected chi connectivity index (χ3v) is 2.71. The number of Topliss-reactive ketones (excluding diaryl/α,β-unsaturated/α-hetero) is 1. The van der Waals surface area contributed by atoms with Gasteiger partial charge in [0.25, 0.3) is 0 Å². The number of ether oxygens (including phenoxy) is 1. The van der Waals surface area contributed by atoms with Crippen molar-refractivity contribution in [2.75, 3.05) is 6.61 Å². The third-order valence-electron chi connectivity index (χ3n) is 2.71. The minimum absolute atomic E-state index is 0.0587. The maximum atomic E-state index is 11.8. The first-order valence-corrected chi connectivity index (χ1v) is 5.64. The fourth-order valence-corrected chi connectivity index (χ4v) is 1.79. The average molecular weight is 219 g/mol. The highest BCUT2D eigenvalue weighted by Crippen LogP contribution is 2.17. The van der Waals surface area contributed by atoms with Crippen LogP contribution < -0.4 is 5.32 Å². The molecule has 3 heteroatoms. The summed E-state index contributed by atoms with van der Waals surface area (Å²) in [6.07, 6.45) is 0.0973. The number of carbonyl (C=O) groups is 1. The number of nitrogens with one attached hydrogen (secondary N) is 1. The van der Waals surface area contributed by atoms with Crippen LogP contribution in [0.3, 0.4) is 0 Å². The molecule has 0 fully saturated rings. The molecular weight excluding hydrogens is 202 g/mol. The maximum Gasteiger partial charge on any atom is 0.188 e. The number of ketones is 1. The second-order valence-electron chi connectivity index (χ2n) is 4.37. The maximum absolute atomic E-state index is 11.8. The molecular formula is C13H17NO2. The normalized spacial score (nSPS) is 14.2. The summed E-state index contributed by atoms with van der Waals surface area (Å²) in [7, 11) is 0. The van der Waals surface area contributed by atoms with E-state index in [0.29, 0.717) is 0 Å². The summed E-state index contributed by atoms with van der Waals surface area (Å²) >= 11 is 0. The molecule has 0 radical (unpaired) electrons. The average Bonchev–Trinajstić information content (AvgIpc) is 2.72. The Morgan fingerprint density at radius 3 is 2.88 bits per heavy atom. The molecule has 1 aromatic carbocycles. The highest BCUT2D eigenvalue weighted by molar-refractivity contribution is 5.97. The molecule has 1 N–H and O–H groups in total. The lowest BCUT2D eigenvalue weighted by atomic mass is 10.0. The first kappa shape index (κ1) is 11.3. The van der Waals surface area contributed by atoms with Crippen LogP contribution in [0, 0.1) is 0 Å². The van der Waals surface area contributed by atoms with E-state index >= 15 is 0 Å². The Bertz CT molecular complexity index is 399. The van der Waals surface area contributed by atoms with E-state index < -0.39 is 0 Å². The van der Waals surface area contributed by atoms with Crippen molar-refractivity contribution < 1.29 is 9.53 Å². The van der Waals surface area contributed by atoms with Gasteiger partial charge in [0.15, 0.2) is 5.78 Å². The van der Waals surface area contributed by atoms with Gasteiger partial charge in [-0.15, -0.1) is 0 Å². The molecule has 86 valence electrons. The van der Waals surface area contributed by atoms with Crippen LogP contribution in [0.2, 0.25) is 0 Å². The summed E-state index contributed by atoms with van der Waals surface area (Å²) in [6, 6.07) is 5.89. The number of benzene rings is 1. The van der Waals surface area contributed by atoms with Crippen molar-refractivity contribution in [1.82, 2.24) is 5.32 Å². The molecule has 0 amide bonds. The Balaban J connectivity index is 2.06. The zero-order chi connectivity index (χ0) is 11.5. The standard InChI is InChI=1S/C13H17NO2/c1-9(2)16-8-13(15)10-3-4-11-6-14-7-12(11)5-10/h3-5,9,14H,6-8H2,1-2H3. The van der Waals surface area contributed by atoms with Gasteiger partial charge >= 0.3 is 0 Å². The highest BCUT2D eigenvalue weighted by Gasteiger charge is 2.13. The zero-order valence-corrected chi connectivity index (χ0v) is 9.75. The molecule has 1 aliphatic rings. The van der Waals surface area contributed by atoms with Crippen molar-refractivity contribution in [3.8, 4) is 0 Å². The summed E-state index contributed by atoms with van der Waals surface area (Å²) in [5.74, 6) is 0.0587. The predicted octanol–water partition coefficient (Wildman–Crippen LogP) is 1.90. The van der Waals surface area contributed by atoms with Gasteiger partial charge in [-0.3, -0.25) is 4.79 Å². The van der Waals surface area contributed by atoms with E-state index in [-0.39, 0.29) is 18.5 Å². The quantitative estimate of drug-likeness (QED) is 0.786. The van der Waals surface area contributed by atoms with Gasteiger partial charge in [-0.05, 0) is 31.0 Å². The van der Waals surface area contributed by atoms with Gasteiger partial charge in [0, 0.05) is 18.7 Å². The van der Waals surface area contributed by atoms with Crippen LogP contribution in [0.5, 0.6) is 0 Å². The van der Waals surface area contributed by atoms with Gasteiger partial charge in [0.1, 0.15) is 6.61 Å². The Labute approximate surface area is 95.8 Å². The van der Waals surface area contributed by atoms with Gasteiger partial charge in [0.2, 0.25) is 0 Å². The molecule has 0 aliphatic carbocycles. The van der Waals surface area contributed by atoms with E-state index in [0.717, 1.165) is 18.7 Å². The lowest BCUT2D eigenvalue weighted by Gasteiger charge is -2.07.